The first-order chi connectivity index (χ1) is 10.9. The third-order valence-corrected chi connectivity index (χ3v) is 4.94. The van der Waals surface area contributed by atoms with E-state index in [0.29, 0.717) is 12.1 Å². The number of aliphatic hydroxyl groups is 1. The minimum absolute atomic E-state index is 0.109. The second kappa shape index (κ2) is 5.82. The quantitative estimate of drug-likeness (QED) is 0.790. The van der Waals surface area contributed by atoms with Crippen molar-refractivity contribution in [2.24, 2.45) is 0 Å². The maximum Gasteiger partial charge on any atom is 0.407 e. The van der Waals surface area contributed by atoms with Gasteiger partial charge >= 0.3 is 12.1 Å². The van der Waals surface area contributed by atoms with Crippen LogP contribution in [0.1, 0.15) is 33.1 Å². The van der Waals surface area contributed by atoms with Crippen LogP contribution < -0.4 is 0 Å². The molecule has 124 valence electrons. The molecule has 1 fully saturated rings. The summed E-state index contributed by atoms with van der Waals surface area (Å²) in [5.74, 6) is -0.313. The summed E-state index contributed by atoms with van der Waals surface area (Å²) >= 11 is 0. The fourth-order valence-corrected chi connectivity index (χ4v) is 3.44. The number of likely N-dealkylation sites (N-methyl/N-ethyl adjacent to an activating group) is 1. The monoisotopic (exact) mass is 320 g/mol. The van der Waals surface area contributed by atoms with Gasteiger partial charge in [0, 0.05) is 18.7 Å². The Morgan fingerprint density at radius 3 is 2.78 bits per heavy atom. The zero-order valence-electron chi connectivity index (χ0n) is 13.2. The van der Waals surface area contributed by atoms with E-state index in [1.807, 2.05) is 24.9 Å². The number of carbonyl (C=O) groups is 2. The van der Waals surface area contributed by atoms with E-state index in [1.54, 1.807) is 6.07 Å². The van der Waals surface area contributed by atoms with Crippen LogP contribution in [0.2, 0.25) is 0 Å². The maximum atomic E-state index is 11.7. The predicted octanol–water partition coefficient (Wildman–Crippen LogP) is 0.993. The number of nitrogens with zero attached hydrogens (tertiary/aromatic N) is 2. The molecule has 7 heteroatoms. The summed E-state index contributed by atoms with van der Waals surface area (Å²) in [7, 11) is 1.89. The van der Waals surface area contributed by atoms with Gasteiger partial charge in [-0.05, 0) is 31.2 Å². The van der Waals surface area contributed by atoms with Crippen LogP contribution in [0.3, 0.4) is 0 Å². The molecule has 23 heavy (non-hydrogen) atoms. The smallest absolute Gasteiger partial charge is 0.407 e. The molecule has 7 nitrogen and oxygen atoms in total. The SMILES string of the molecule is Cc1c([C@@H]2CN(C(=O)O)C[C@H](CO)N2C)ccc2c1COC2=O. The minimum Gasteiger partial charge on any atom is -0.465 e. The number of hydrogen-bond acceptors (Lipinski definition) is 5. The largest absolute Gasteiger partial charge is 0.465 e. The molecule has 2 heterocycles. The number of fused-ring (bicyclic) bond motifs is 1. The highest BCUT2D eigenvalue weighted by molar-refractivity contribution is 5.94. The minimum atomic E-state index is -0.987. The summed E-state index contributed by atoms with van der Waals surface area (Å²) in [4.78, 5) is 26.4. The first-order valence-electron chi connectivity index (χ1n) is 7.54. The standard InChI is InChI=1S/C16H20N2O5/c1-9-11(3-4-12-13(9)8-23-15(12)20)14-6-18(16(21)22)5-10(7-19)17(14)2/h3-4,10,14,19H,5-8H2,1-2H3,(H,21,22)/t10-,14+/m1/s1. The van der Waals surface area contributed by atoms with Crippen molar-refractivity contribution in [1.29, 1.82) is 0 Å². The van der Waals surface area contributed by atoms with E-state index in [-0.39, 0.29) is 37.8 Å². The van der Waals surface area contributed by atoms with Crippen molar-refractivity contribution in [1.82, 2.24) is 9.80 Å². The molecule has 0 bridgehead atoms. The van der Waals surface area contributed by atoms with Gasteiger partial charge in [-0.15, -0.1) is 0 Å². The van der Waals surface area contributed by atoms with E-state index in [0.717, 1.165) is 16.7 Å². The summed E-state index contributed by atoms with van der Waals surface area (Å²) in [5.41, 5.74) is 3.37. The van der Waals surface area contributed by atoms with Gasteiger partial charge in [0.1, 0.15) is 6.61 Å². The van der Waals surface area contributed by atoms with E-state index < -0.39 is 6.09 Å². The summed E-state index contributed by atoms with van der Waals surface area (Å²) in [5, 5.41) is 18.9. The molecule has 0 aromatic heterocycles. The van der Waals surface area contributed by atoms with E-state index in [9.17, 15) is 19.8 Å². The number of cyclic esters (lactones) is 1. The summed E-state index contributed by atoms with van der Waals surface area (Å²) in [6.07, 6.45) is -0.987. The molecule has 1 aromatic carbocycles. The maximum absolute atomic E-state index is 11.7. The number of benzene rings is 1. The van der Waals surface area contributed by atoms with Crippen LogP contribution in [0.15, 0.2) is 12.1 Å². The van der Waals surface area contributed by atoms with E-state index in [1.165, 1.54) is 4.90 Å². The molecule has 2 aliphatic rings. The van der Waals surface area contributed by atoms with E-state index in [2.05, 4.69) is 0 Å². The summed E-state index contributed by atoms with van der Waals surface area (Å²) in [6.45, 7) is 2.69. The second-order valence-electron chi connectivity index (χ2n) is 6.09. The molecule has 2 aliphatic heterocycles. The molecule has 0 radical (unpaired) electrons. The normalized spacial score (nSPS) is 24.5. The van der Waals surface area contributed by atoms with Gasteiger partial charge in [0.25, 0.3) is 0 Å². The van der Waals surface area contributed by atoms with Gasteiger partial charge in [-0.2, -0.15) is 0 Å². The Morgan fingerprint density at radius 1 is 1.39 bits per heavy atom. The molecule has 3 rings (SSSR count). The van der Waals surface area contributed by atoms with Crippen LogP contribution in [-0.2, 0) is 11.3 Å². The Kier molecular flexibility index (Phi) is 3.99. The molecule has 1 saturated heterocycles. The van der Waals surface area contributed by atoms with Gasteiger partial charge in [0.05, 0.1) is 24.3 Å². The van der Waals surface area contributed by atoms with Crippen molar-refractivity contribution in [3.8, 4) is 0 Å². The Balaban J connectivity index is 1.99. The van der Waals surface area contributed by atoms with Gasteiger partial charge in [0.2, 0.25) is 0 Å². The molecule has 2 N–H and O–H groups in total. The van der Waals surface area contributed by atoms with Crippen LogP contribution in [0.25, 0.3) is 0 Å². The Bertz CT molecular complexity index is 660. The van der Waals surface area contributed by atoms with Crippen LogP contribution in [0.4, 0.5) is 4.79 Å². The molecular formula is C16H20N2O5. The van der Waals surface area contributed by atoms with Gasteiger partial charge < -0.3 is 19.8 Å². The molecule has 0 spiro atoms. The van der Waals surface area contributed by atoms with Gasteiger partial charge in [-0.25, -0.2) is 9.59 Å². The number of aliphatic hydroxyl groups excluding tert-OH is 1. The number of carboxylic acid groups (broad SMARTS) is 1. The molecule has 1 aromatic rings. The van der Waals surface area contributed by atoms with Gasteiger partial charge in [-0.3, -0.25) is 4.90 Å². The fourth-order valence-electron chi connectivity index (χ4n) is 3.44. The van der Waals surface area contributed by atoms with Crippen molar-refractivity contribution in [2.45, 2.75) is 25.6 Å². The second-order valence-corrected chi connectivity index (χ2v) is 6.09. The van der Waals surface area contributed by atoms with Crippen molar-refractivity contribution in [2.75, 3.05) is 26.7 Å². The van der Waals surface area contributed by atoms with E-state index >= 15 is 0 Å². The predicted molar refractivity (Wildman–Crippen MR) is 81.3 cm³/mol. The zero-order valence-corrected chi connectivity index (χ0v) is 13.2. The lowest BCUT2D eigenvalue weighted by Crippen LogP contribution is -2.55. The molecule has 1 amide bonds. The van der Waals surface area contributed by atoms with Crippen LogP contribution in [0.5, 0.6) is 0 Å². The van der Waals surface area contributed by atoms with E-state index in [4.69, 9.17) is 4.74 Å². The zero-order chi connectivity index (χ0) is 16.7. The highest BCUT2D eigenvalue weighted by Gasteiger charge is 2.36. The Labute approximate surface area is 134 Å². The molecule has 0 unspecified atom stereocenters. The first kappa shape index (κ1) is 15.8. The lowest BCUT2D eigenvalue weighted by Gasteiger charge is -2.44. The first-order valence-corrected chi connectivity index (χ1v) is 7.54. The Hall–Kier alpha value is -2.12. The highest BCUT2D eigenvalue weighted by Crippen LogP contribution is 2.34. The highest BCUT2D eigenvalue weighted by atomic mass is 16.5. The lowest BCUT2D eigenvalue weighted by atomic mass is 9.91. The topological polar surface area (TPSA) is 90.3 Å². The van der Waals surface area contributed by atoms with Gasteiger partial charge in [0.15, 0.2) is 0 Å². The fraction of sp³-hybridized carbons (Fsp3) is 0.500. The number of esters is 1. The number of rotatable bonds is 2. The third kappa shape index (κ3) is 2.55. The number of amides is 1. The van der Waals surface area contributed by atoms with Crippen molar-refractivity contribution in [3.05, 3.63) is 34.4 Å². The van der Waals surface area contributed by atoms with Crippen molar-refractivity contribution >= 4 is 12.1 Å². The van der Waals surface area contributed by atoms with Crippen molar-refractivity contribution < 1.29 is 24.5 Å². The number of carbonyl (C=O) groups excluding carboxylic acids is 1. The van der Waals surface area contributed by atoms with Crippen molar-refractivity contribution in [3.63, 3.8) is 0 Å². The summed E-state index contributed by atoms with van der Waals surface area (Å²) in [6, 6.07) is 3.18. The average Bonchev–Trinajstić information content (AvgIpc) is 2.90. The van der Waals surface area contributed by atoms with Crippen LogP contribution in [0, 0.1) is 6.92 Å². The number of ether oxygens (including phenoxy) is 1. The summed E-state index contributed by atoms with van der Waals surface area (Å²) < 4.78 is 5.08. The average molecular weight is 320 g/mol. The van der Waals surface area contributed by atoms with Crippen LogP contribution in [-0.4, -0.2) is 64.9 Å². The van der Waals surface area contributed by atoms with Gasteiger partial charge in [-0.1, -0.05) is 6.07 Å². The molecule has 0 aliphatic carbocycles. The lowest BCUT2D eigenvalue weighted by molar-refractivity contribution is 0.0187. The number of piperazine rings is 1. The third-order valence-electron chi connectivity index (χ3n) is 4.94. The Morgan fingerprint density at radius 2 is 2.13 bits per heavy atom. The molecule has 0 saturated carbocycles. The van der Waals surface area contributed by atoms with Crippen LogP contribution >= 0.6 is 0 Å². The molecule has 2 atom stereocenters. The number of hydrogen-bond donors (Lipinski definition) is 2. The molecular weight excluding hydrogens is 300 g/mol.